The first kappa shape index (κ1) is 18.1. The monoisotopic (exact) mass is 368 g/mol. The van der Waals surface area contributed by atoms with Crippen LogP contribution < -0.4 is 14.8 Å². The van der Waals surface area contributed by atoms with Crippen molar-refractivity contribution in [2.45, 2.75) is 6.92 Å². The molecule has 0 aliphatic heterocycles. The molecule has 0 aliphatic carbocycles. The number of amides is 1. The van der Waals surface area contributed by atoms with Crippen LogP contribution in [0, 0.1) is 0 Å². The fourth-order valence-electron chi connectivity index (χ4n) is 2.02. The predicted octanol–water partition coefficient (Wildman–Crippen LogP) is 3.36. The van der Waals surface area contributed by atoms with Crippen molar-refractivity contribution < 1.29 is 17.9 Å². The highest BCUT2D eigenvalue weighted by Gasteiger charge is 2.14. The van der Waals surface area contributed by atoms with Crippen LogP contribution in [0.15, 0.2) is 42.5 Å². The van der Waals surface area contributed by atoms with E-state index in [1.54, 1.807) is 24.3 Å². The van der Waals surface area contributed by atoms with Crippen molar-refractivity contribution in [3.8, 4) is 5.75 Å². The summed E-state index contributed by atoms with van der Waals surface area (Å²) >= 11 is 6.06. The molecule has 0 spiro atoms. The molecule has 24 heavy (non-hydrogen) atoms. The lowest BCUT2D eigenvalue weighted by molar-refractivity contribution is 0.102. The van der Waals surface area contributed by atoms with Crippen molar-refractivity contribution in [1.29, 1.82) is 0 Å². The summed E-state index contributed by atoms with van der Waals surface area (Å²) in [5.41, 5.74) is 0.906. The summed E-state index contributed by atoms with van der Waals surface area (Å²) in [6.45, 7) is 2.30. The van der Waals surface area contributed by atoms with Crippen molar-refractivity contribution in [2.75, 3.05) is 22.9 Å². The Hall–Kier alpha value is -2.25. The third kappa shape index (κ3) is 4.87. The third-order valence-corrected chi connectivity index (χ3v) is 3.89. The van der Waals surface area contributed by atoms with E-state index in [0.717, 1.165) is 6.26 Å². The minimum Gasteiger partial charge on any atom is -0.492 e. The molecular formula is C16H17ClN2O4S. The van der Waals surface area contributed by atoms with Crippen LogP contribution in [0.5, 0.6) is 5.75 Å². The predicted molar refractivity (Wildman–Crippen MR) is 95.5 cm³/mol. The fraction of sp³-hybridized carbons (Fsp3) is 0.188. The van der Waals surface area contributed by atoms with Crippen molar-refractivity contribution >= 4 is 38.9 Å². The minimum atomic E-state index is -3.45. The van der Waals surface area contributed by atoms with Crippen LogP contribution in [0.1, 0.15) is 17.3 Å². The molecule has 0 aliphatic rings. The first-order valence-electron chi connectivity index (χ1n) is 7.10. The second kappa shape index (κ2) is 7.55. The molecule has 0 unspecified atom stereocenters. The van der Waals surface area contributed by atoms with E-state index in [1.807, 2.05) is 6.92 Å². The summed E-state index contributed by atoms with van der Waals surface area (Å²) in [6.07, 6.45) is 1.03. The zero-order valence-electron chi connectivity index (χ0n) is 13.2. The molecule has 0 bridgehead atoms. The van der Waals surface area contributed by atoms with Crippen LogP contribution in [0.25, 0.3) is 0 Å². The van der Waals surface area contributed by atoms with E-state index >= 15 is 0 Å². The summed E-state index contributed by atoms with van der Waals surface area (Å²) in [6, 6.07) is 11.3. The number of para-hydroxylation sites is 2. The summed E-state index contributed by atoms with van der Waals surface area (Å²) < 4.78 is 30.4. The van der Waals surface area contributed by atoms with Gasteiger partial charge >= 0.3 is 0 Å². The van der Waals surface area contributed by atoms with Crippen LogP contribution in [-0.4, -0.2) is 27.2 Å². The molecular weight excluding hydrogens is 352 g/mol. The number of benzene rings is 2. The molecule has 0 atom stereocenters. The molecule has 2 aromatic rings. The van der Waals surface area contributed by atoms with Gasteiger partial charge in [0, 0.05) is 5.69 Å². The number of sulfonamides is 1. The van der Waals surface area contributed by atoms with Crippen LogP contribution in [0.4, 0.5) is 11.4 Å². The molecule has 2 rings (SSSR count). The first-order valence-corrected chi connectivity index (χ1v) is 9.37. The van der Waals surface area contributed by atoms with Crippen molar-refractivity contribution in [2.24, 2.45) is 0 Å². The Kier molecular flexibility index (Phi) is 5.69. The number of carbonyl (C=O) groups excluding carboxylic acids is 1. The van der Waals surface area contributed by atoms with Crippen molar-refractivity contribution in [1.82, 2.24) is 0 Å². The van der Waals surface area contributed by atoms with Gasteiger partial charge in [-0.05, 0) is 37.3 Å². The largest absolute Gasteiger partial charge is 0.492 e. The van der Waals surface area contributed by atoms with Crippen LogP contribution in [-0.2, 0) is 10.0 Å². The lowest BCUT2D eigenvalue weighted by Crippen LogP contribution is -2.15. The molecule has 2 aromatic carbocycles. The number of hydrogen-bond donors (Lipinski definition) is 2. The Bertz CT molecular complexity index is 853. The van der Waals surface area contributed by atoms with E-state index in [1.165, 1.54) is 18.2 Å². The minimum absolute atomic E-state index is 0.150. The molecule has 0 saturated carbocycles. The molecule has 8 heteroatoms. The Morgan fingerprint density at radius 2 is 1.92 bits per heavy atom. The fourth-order valence-corrected chi connectivity index (χ4v) is 2.78. The number of ether oxygens (including phenoxy) is 1. The summed E-state index contributed by atoms with van der Waals surface area (Å²) in [5, 5.41) is 2.93. The lowest BCUT2D eigenvalue weighted by Gasteiger charge is -2.13. The van der Waals surface area contributed by atoms with E-state index in [-0.39, 0.29) is 16.3 Å². The van der Waals surface area contributed by atoms with E-state index in [0.29, 0.717) is 18.0 Å². The van der Waals surface area contributed by atoms with Gasteiger partial charge in [-0.1, -0.05) is 23.7 Å². The summed E-state index contributed by atoms with van der Waals surface area (Å²) in [5.74, 6) is 0.0687. The molecule has 6 nitrogen and oxygen atoms in total. The molecule has 0 radical (unpaired) electrons. The zero-order chi connectivity index (χ0) is 17.7. The number of rotatable bonds is 6. The van der Waals surface area contributed by atoms with Gasteiger partial charge in [0.2, 0.25) is 10.0 Å². The maximum Gasteiger partial charge on any atom is 0.257 e. The van der Waals surface area contributed by atoms with Gasteiger partial charge in [-0.2, -0.15) is 0 Å². The Morgan fingerprint density at radius 3 is 2.58 bits per heavy atom. The summed E-state index contributed by atoms with van der Waals surface area (Å²) in [4.78, 5) is 12.5. The van der Waals surface area contributed by atoms with Crippen molar-refractivity contribution in [3.63, 3.8) is 0 Å². The SMILES string of the molecule is CCOc1ccccc1NC(=O)c1cc(NS(C)(=O)=O)ccc1Cl. The maximum absolute atomic E-state index is 12.5. The van der Waals surface area contributed by atoms with E-state index in [2.05, 4.69) is 10.0 Å². The second-order valence-corrected chi connectivity index (χ2v) is 7.11. The molecule has 0 fully saturated rings. The van der Waals surface area contributed by atoms with Gasteiger partial charge in [0.1, 0.15) is 5.75 Å². The Morgan fingerprint density at radius 1 is 1.21 bits per heavy atom. The van der Waals surface area contributed by atoms with Gasteiger partial charge in [-0.15, -0.1) is 0 Å². The zero-order valence-corrected chi connectivity index (χ0v) is 14.7. The van der Waals surface area contributed by atoms with E-state index in [4.69, 9.17) is 16.3 Å². The Labute approximate surface area is 145 Å². The number of hydrogen-bond acceptors (Lipinski definition) is 4. The highest BCUT2D eigenvalue weighted by Crippen LogP contribution is 2.27. The molecule has 0 heterocycles. The first-order chi connectivity index (χ1) is 11.3. The van der Waals surface area contributed by atoms with Gasteiger partial charge in [0.05, 0.1) is 29.1 Å². The van der Waals surface area contributed by atoms with Crippen LogP contribution >= 0.6 is 11.6 Å². The summed E-state index contributed by atoms with van der Waals surface area (Å²) in [7, 11) is -3.45. The molecule has 0 aromatic heterocycles. The van der Waals surface area contributed by atoms with Crippen LogP contribution in [0.3, 0.4) is 0 Å². The number of anilines is 2. The molecule has 128 valence electrons. The second-order valence-electron chi connectivity index (χ2n) is 4.95. The highest BCUT2D eigenvalue weighted by molar-refractivity contribution is 7.92. The van der Waals surface area contributed by atoms with Crippen LogP contribution in [0.2, 0.25) is 5.02 Å². The Balaban J connectivity index is 2.28. The van der Waals surface area contributed by atoms with Gasteiger partial charge in [0.15, 0.2) is 0 Å². The topological polar surface area (TPSA) is 84.5 Å². The highest BCUT2D eigenvalue weighted by atomic mass is 35.5. The average molecular weight is 369 g/mol. The van der Waals surface area contributed by atoms with Gasteiger partial charge in [0.25, 0.3) is 5.91 Å². The van der Waals surface area contributed by atoms with Gasteiger partial charge in [-0.3, -0.25) is 9.52 Å². The van der Waals surface area contributed by atoms with Crippen molar-refractivity contribution in [3.05, 3.63) is 53.1 Å². The quantitative estimate of drug-likeness (QED) is 0.818. The van der Waals surface area contributed by atoms with Gasteiger partial charge in [-0.25, -0.2) is 8.42 Å². The molecule has 1 amide bonds. The maximum atomic E-state index is 12.5. The number of carbonyl (C=O) groups is 1. The standard InChI is InChI=1S/C16H17ClN2O4S/c1-3-23-15-7-5-4-6-14(15)18-16(20)12-10-11(8-9-13(12)17)19-24(2,21)22/h4-10,19H,3H2,1-2H3,(H,18,20). The molecule has 2 N–H and O–H groups in total. The van der Waals surface area contributed by atoms with E-state index < -0.39 is 15.9 Å². The smallest absolute Gasteiger partial charge is 0.257 e. The number of nitrogens with one attached hydrogen (secondary N) is 2. The number of halogens is 1. The van der Waals surface area contributed by atoms with Gasteiger partial charge < -0.3 is 10.1 Å². The lowest BCUT2D eigenvalue weighted by atomic mass is 10.2. The van der Waals surface area contributed by atoms with E-state index in [9.17, 15) is 13.2 Å². The normalized spacial score (nSPS) is 11.0. The average Bonchev–Trinajstić information content (AvgIpc) is 2.50. The third-order valence-electron chi connectivity index (χ3n) is 2.95. The molecule has 0 saturated heterocycles.